The van der Waals surface area contributed by atoms with Gasteiger partial charge in [0, 0.05) is 17.4 Å². The highest BCUT2D eigenvalue weighted by Crippen LogP contribution is 2.22. The van der Waals surface area contributed by atoms with E-state index in [2.05, 4.69) is 15.5 Å². The molecule has 1 aromatic heterocycles. The molecule has 8 heteroatoms. The molecule has 2 N–H and O–H groups in total. The summed E-state index contributed by atoms with van der Waals surface area (Å²) in [6.45, 7) is 1.90. The Balaban J connectivity index is 2.13. The molecule has 1 unspecified atom stereocenters. The molecule has 0 bridgehead atoms. The number of H-pyrrole nitrogens is 1. The first kappa shape index (κ1) is 14.4. The lowest BCUT2D eigenvalue weighted by Gasteiger charge is -2.13. The maximum atomic E-state index is 12.4. The number of sulfone groups is 1. The van der Waals surface area contributed by atoms with Gasteiger partial charge in [0.1, 0.15) is 0 Å². The molecule has 20 heavy (non-hydrogen) atoms. The van der Waals surface area contributed by atoms with Crippen LogP contribution >= 0.6 is 0 Å². The Hall–Kier alpha value is -1.96. The summed E-state index contributed by atoms with van der Waals surface area (Å²) >= 11 is 0. The third-order valence-corrected chi connectivity index (χ3v) is 4.22. The molecule has 2 rings (SSSR count). The number of benzene rings is 1. The fourth-order valence-corrected chi connectivity index (χ4v) is 2.40. The lowest BCUT2D eigenvalue weighted by Crippen LogP contribution is -2.11. The Kier molecular flexibility index (Phi) is 4.03. The van der Waals surface area contributed by atoms with E-state index in [0.717, 1.165) is 17.7 Å². The third-order valence-electron chi connectivity index (χ3n) is 2.82. The van der Waals surface area contributed by atoms with Gasteiger partial charge in [0.2, 0.25) is 9.84 Å². The zero-order valence-corrected chi connectivity index (χ0v) is 11.4. The van der Waals surface area contributed by atoms with Crippen molar-refractivity contribution in [3.05, 3.63) is 42.2 Å². The van der Waals surface area contributed by atoms with E-state index in [4.69, 9.17) is 0 Å². The van der Waals surface area contributed by atoms with Crippen LogP contribution < -0.4 is 5.32 Å². The zero-order chi connectivity index (χ0) is 14.8. The van der Waals surface area contributed by atoms with Gasteiger partial charge in [0.15, 0.2) is 0 Å². The van der Waals surface area contributed by atoms with Crippen LogP contribution in [0, 0.1) is 0 Å². The molecule has 0 radical (unpaired) electrons. The standard InChI is InChI=1S/C12H13F2N3O2S/c1-8(9-6-15-16-7-9)17-10-2-4-11(5-3-10)20(18,19)12(13)14/h2-8,12,17H,1H3,(H,15,16). The second-order valence-corrected chi connectivity index (χ2v) is 6.15. The van der Waals surface area contributed by atoms with Crippen molar-refractivity contribution in [2.24, 2.45) is 0 Å². The average molecular weight is 301 g/mol. The molecule has 2 aromatic rings. The Morgan fingerprint density at radius 3 is 2.40 bits per heavy atom. The maximum Gasteiger partial charge on any atom is 0.341 e. The molecule has 0 fully saturated rings. The van der Waals surface area contributed by atoms with Gasteiger partial charge < -0.3 is 5.32 Å². The van der Waals surface area contributed by atoms with Gasteiger partial charge >= 0.3 is 5.76 Å². The molecule has 1 atom stereocenters. The van der Waals surface area contributed by atoms with Gasteiger partial charge in [-0.2, -0.15) is 13.9 Å². The topological polar surface area (TPSA) is 74.8 Å². The predicted molar refractivity (Wildman–Crippen MR) is 70.3 cm³/mol. The van der Waals surface area contributed by atoms with Gasteiger partial charge in [-0.05, 0) is 31.2 Å². The summed E-state index contributed by atoms with van der Waals surface area (Å²) in [7, 11) is -4.54. The van der Waals surface area contributed by atoms with Crippen molar-refractivity contribution in [1.82, 2.24) is 10.2 Å². The summed E-state index contributed by atoms with van der Waals surface area (Å²) in [6.07, 6.45) is 3.39. The van der Waals surface area contributed by atoms with Gasteiger partial charge in [-0.3, -0.25) is 5.10 Å². The highest BCUT2D eigenvalue weighted by molar-refractivity contribution is 7.91. The Morgan fingerprint density at radius 2 is 1.90 bits per heavy atom. The van der Waals surface area contributed by atoms with E-state index in [1.54, 1.807) is 12.4 Å². The third kappa shape index (κ3) is 2.96. The van der Waals surface area contributed by atoms with Gasteiger partial charge in [-0.15, -0.1) is 0 Å². The van der Waals surface area contributed by atoms with E-state index in [1.807, 2.05) is 6.92 Å². The van der Waals surface area contributed by atoms with Crippen LogP contribution in [0.5, 0.6) is 0 Å². The first-order valence-electron chi connectivity index (χ1n) is 5.78. The number of alkyl halides is 2. The van der Waals surface area contributed by atoms with Crippen LogP contribution in [0.15, 0.2) is 41.6 Å². The van der Waals surface area contributed by atoms with Crippen LogP contribution in [-0.4, -0.2) is 24.4 Å². The number of nitrogens with one attached hydrogen (secondary N) is 2. The molecule has 5 nitrogen and oxygen atoms in total. The van der Waals surface area contributed by atoms with E-state index in [0.29, 0.717) is 5.69 Å². The van der Waals surface area contributed by atoms with Gasteiger partial charge in [-0.1, -0.05) is 0 Å². The molecule has 0 aliphatic carbocycles. The normalized spacial score (nSPS) is 13.4. The summed E-state index contributed by atoms with van der Waals surface area (Å²) in [4.78, 5) is -0.394. The van der Waals surface area contributed by atoms with Gasteiger partial charge in [0.25, 0.3) is 0 Å². The largest absolute Gasteiger partial charge is 0.378 e. The van der Waals surface area contributed by atoms with E-state index in [1.165, 1.54) is 12.1 Å². The van der Waals surface area contributed by atoms with Gasteiger partial charge in [-0.25, -0.2) is 8.42 Å². The van der Waals surface area contributed by atoms with Crippen molar-refractivity contribution in [2.75, 3.05) is 5.32 Å². The Morgan fingerprint density at radius 1 is 1.25 bits per heavy atom. The molecular weight excluding hydrogens is 288 g/mol. The molecule has 0 aliphatic rings. The smallest absolute Gasteiger partial charge is 0.341 e. The summed E-state index contributed by atoms with van der Waals surface area (Å²) in [5.74, 6) is -3.41. The van der Waals surface area contributed by atoms with E-state index >= 15 is 0 Å². The van der Waals surface area contributed by atoms with Crippen LogP contribution in [0.1, 0.15) is 18.5 Å². The predicted octanol–water partition coefficient (Wildman–Crippen LogP) is 2.58. The quantitative estimate of drug-likeness (QED) is 0.890. The van der Waals surface area contributed by atoms with E-state index < -0.39 is 20.5 Å². The molecule has 0 amide bonds. The molecular formula is C12H13F2N3O2S. The number of aromatic nitrogens is 2. The molecule has 0 saturated heterocycles. The first-order valence-corrected chi connectivity index (χ1v) is 7.33. The Bertz CT molecular complexity index is 655. The minimum absolute atomic E-state index is 0.0497. The van der Waals surface area contributed by atoms with Crippen LogP contribution in [0.3, 0.4) is 0 Å². The average Bonchev–Trinajstić information content (AvgIpc) is 2.93. The number of hydrogen-bond acceptors (Lipinski definition) is 4. The van der Waals surface area contributed by atoms with Crippen molar-refractivity contribution in [2.45, 2.75) is 23.6 Å². The number of aromatic amines is 1. The Labute approximate surface area is 114 Å². The zero-order valence-electron chi connectivity index (χ0n) is 10.5. The molecule has 1 aromatic carbocycles. The fraction of sp³-hybridized carbons (Fsp3) is 0.250. The lowest BCUT2D eigenvalue weighted by molar-refractivity contribution is 0.234. The van der Waals surface area contributed by atoms with Crippen molar-refractivity contribution < 1.29 is 17.2 Å². The molecule has 0 saturated carbocycles. The monoisotopic (exact) mass is 301 g/mol. The van der Waals surface area contributed by atoms with Crippen LogP contribution in [0.4, 0.5) is 14.5 Å². The number of anilines is 1. The van der Waals surface area contributed by atoms with Crippen LogP contribution in [-0.2, 0) is 9.84 Å². The molecule has 0 spiro atoms. The van der Waals surface area contributed by atoms with Crippen LogP contribution in [0.2, 0.25) is 0 Å². The SMILES string of the molecule is CC(Nc1ccc(S(=O)(=O)C(F)F)cc1)c1cn[nH]c1. The minimum atomic E-state index is -4.54. The van der Waals surface area contributed by atoms with E-state index in [9.17, 15) is 17.2 Å². The first-order chi connectivity index (χ1) is 9.41. The number of halogens is 2. The van der Waals surface area contributed by atoms with E-state index in [-0.39, 0.29) is 6.04 Å². The number of rotatable bonds is 5. The fourth-order valence-electron chi connectivity index (χ4n) is 1.67. The highest BCUT2D eigenvalue weighted by Gasteiger charge is 2.26. The van der Waals surface area contributed by atoms with Crippen molar-refractivity contribution in [1.29, 1.82) is 0 Å². The number of hydrogen-bond donors (Lipinski definition) is 2. The molecule has 108 valence electrons. The van der Waals surface area contributed by atoms with Crippen molar-refractivity contribution in [3.63, 3.8) is 0 Å². The van der Waals surface area contributed by atoms with Crippen molar-refractivity contribution in [3.8, 4) is 0 Å². The maximum absolute atomic E-state index is 12.4. The highest BCUT2D eigenvalue weighted by atomic mass is 32.2. The van der Waals surface area contributed by atoms with Crippen molar-refractivity contribution >= 4 is 15.5 Å². The van der Waals surface area contributed by atoms with Crippen LogP contribution in [0.25, 0.3) is 0 Å². The summed E-state index contributed by atoms with van der Waals surface area (Å²) < 4.78 is 47.3. The number of nitrogens with zero attached hydrogens (tertiary/aromatic N) is 1. The summed E-state index contributed by atoms with van der Waals surface area (Å²) in [5.41, 5.74) is 1.56. The second kappa shape index (κ2) is 5.58. The minimum Gasteiger partial charge on any atom is -0.378 e. The molecule has 1 heterocycles. The second-order valence-electron chi connectivity index (χ2n) is 4.23. The van der Waals surface area contributed by atoms with Gasteiger partial charge in [0.05, 0.1) is 17.1 Å². The lowest BCUT2D eigenvalue weighted by atomic mass is 10.2. The summed E-state index contributed by atoms with van der Waals surface area (Å²) in [5, 5.41) is 9.62. The molecule has 0 aliphatic heterocycles. The summed E-state index contributed by atoms with van der Waals surface area (Å²) in [6, 6.07) is 5.17.